The lowest BCUT2D eigenvalue weighted by Crippen LogP contribution is -1.91. The predicted molar refractivity (Wildman–Crippen MR) is 93.5 cm³/mol. The Labute approximate surface area is 142 Å². The molecule has 1 aromatic heterocycles. The number of halogens is 1. The highest BCUT2D eigenvalue weighted by atomic mass is 35.5. The van der Waals surface area contributed by atoms with Crippen LogP contribution in [0.4, 0.5) is 11.4 Å². The van der Waals surface area contributed by atoms with Gasteiger partial charge in [0, 0.05) is 22.7 Å². The van der Waals surface area contributed by atoms with Crippen LogP contribution in [-0.2, 0) is 0 Å². The molecule has 0 aliphatic heterocycles. The highest BCUT2D eigenvalue weighted by molar-refractivity contribution is 6.30. The fraction of sp³-hybridized carbons (Fsp3) is 0. The number of benzene rings is 2. The van der Waals surface area contributed by atoms with Gasteiger partial charge in [0.15, 0.2) is 0 Å². The van der Waals surface area contributed by atoms with Crippen LogP contribution in [0.2, 0.25) is 5.02 Å². The van der Waals surface area contributed by atoms with Crippen molar-refractivity contribution >= 4 is 29.2 Å². The summed E-state index contributed by atoms with van der Waals surface area (Å²) >= 11 is 5.86. The van der Waals surface area contributed by atoms with Gasteiger partial charge in [-0.1, -0.05) is 11.6 Å². The molecular formula is C17H12ClN3O3. The number of furan rings is 1. The molecule has 0 fully saturated rings. The van der Waals surface area contributed by atoms with Crippen molar-refractivity contribution in [2.45, 2.75) is 0 Å². The molecule has 3 rings (SSSR count). The van der Waals surface area contributed by atoms with Gasteiger partial charge >= 0.3 is 0 Å². The summed E-state index contributed by atoms with van der Waals surface area (Å²) in [6.07, 6.45) is 1.53. The molecule has 120 valence electrons. The van der Waals surface area contributed by atoms with E-state index in [1.807, 2.05) is 18.2 Å². The Hall–Kier alpha value is -3.12. The van der Waals surface area contributed by atoms with Crippen LogP contribution in [-0.4, -0.2) is 11.1 Å². The average Bonchev–Trinajstić information content (AvgIpc) is 3.05. The van der Waals surface area contributed by atoms with Crippen LogP contribution < -0.4 is 5.43 Å². The van der Waals surface area contributed by atoms with E-state index in [2.05, 4.69) is 10.5 Å². The molecule has 6 nitrogen and oxygen atoms in total. The van der Waals surface area contributed by atoms with Gasteiger partial charge in [0.1, 0.15) is 11.5 Å². The van der Waals surface area contributed by atoms with Crippen molar-refractivity contribution < 1.29 is 9.34 Å². The fourth-order valence-electron chi connectivity index (χ4n) is 2.02. The molecule has 24 heavy (non-hydrogen) atoms. The van der Waals surface area contributed by atoms with Crippen LogP contribution in [0.1, 0.15) is 5.76 Å². The second-order valence-corrected chi connectivity index (χ2v) is 5.32. The van der Waals surface area contributed by atoms with Gasteiger partial charge in [-0.15, -0.1) is 0 Å². The van der Waals surface area contributed by atoms with Crippen LogP contribution in [0.3, 0.4) is 0 Å². The number of anilines is 1. The molecule has 0 saturated carbocycles. The summed E-state index contributed by atoms with van der Waals surface area (Å²) in [6, 6.07) is 16.9. The number of hydrogen-bond donors (Lipinski definition) is 1. The van der Waals surface area contributed by atoms with E-state index in [0.717, 1.165) is 5.56 Å². The van der Waals surface area contributed by atoms with Crippen molar-refractivity contribution in [2.24, 2.45) is 5.10 Å². The van der Waals surface area contributed by atoms with Crippen molar-refractivity contribution in [3.63, 3.8) is 0 Å². The molecule has 7 heteroatoms. The van der Waals surface area contributed by atoms with Crippen LogP contribution >= 0.6 is 11.6 Å². The Kier molecular flexibility index (Phi) is 4.58. The minimum atomic E-state index is -0.450. The first-order valence-electron chi connectivity index (χ1n) is 7.01. The van der Waals surface area contributed by atoms with Gasteiger partial charge in [-0.3, -0.25) is 15.5 Å². The summed E-state index contributed by atoms with van der Waals surface area (Å²) in [5.74, 6) is 1.29. The number of non-ortho nitro benzene ring substituents is 1. The molecule has 0 atom stereocenters. The maximum Gasteiger partial charge on any atom is 0.269 e. The third kappa shape index (κ3) is 3.80. The predicted octanol–water partition coefficient (Wildman–Crippen LogP) is 4.95. The maximum atomic E-state index is 10.6. The number of rotatable bonds is 5. The van der Waals surface area contributed by atoms with Crippen molar-refractivity contribution in [3.05, 3.63) is 81.6 Å². The summed E-state index contributed by atoms with van der Waals surface area (Å²) in [7, 11) is 0. The highest BCUT2D eigenvalue weighted by Crippen LogP contribution is 2.23. The normalized spacial score (nSPS) is 10.9. The van der Waals surface area contributed by atoms with E-state index in [-0.39, 0.29) is 5.69 Å². The molecule has 0 aliphatic carbocycles. The van der Waals surface area contributed by atoms with Gasteiger partial charge in [-0.25, -0.2) is 0 Å². The first kappa shape index (κ1) is 15.8. The van der Waals surface area contributed by atoms with Crippen molar-refractivity contribution in [1.29, 1.82) is 0 Å². The van der Waals surface area contributed by atoms with Gasteiger partial charge in [-0.2, -0.15) is 5.10 Å². The topological polar surface area (TPSA) is 80.7 Å². The molecule has 3 aromatic rings. The van der Waals surface area contributed by atoms with E-state index in [1.165, 1.54) is 18.3 Å². The molecule has 0 radical (unpaired) electrons. The Morgan fingerprint density at radius 3 is 2.42 bits per heavy atom. The molecule has 0 aliphatic rings. The molecule has 0 saturated heterocycles. The number of nitrogens with zero attached hydrogens (tertiary/aromatic N) is 2. The van der Waals surface area contributed by atoms with Gasteiger partial charge in [0.2, 0.25) is 0 Å². The standard InChI is InChI=1S/C17H12ClN3O3/c18-13-3-1-12(2-4-13)17-10-9-16(24-17)11-19-20-14-5-7-15(8-6-14)21(22)23/h1-11,20H/b19-11+. The monoisotopic (exact) mass is 341 g/mol. The van der Waals surface area contributed by atoms with E-state index in [1.54, 1.807) is 30.3 Å². The van der Waals surface area contributed by atoms with Gasteiger partial charge in [0.05, 0.1) is 16.8 Å². The fourth-order valence-corrected chi connectivity index (χ4v) is 2.15. The SMILES string of the molecule is O=[N+]([O-])c1ccc(N/N=C/c2ccc(-c3ccc(Cl)cc3)o2)cc1. The van der Waals surface area contributed by atoms with Gasteiger partial charge in [-0.05, 0) is 48.5 Å². The first-order valence-corrected chi connectivity index (χ1v) is 7.39. The van der Waals surface area contributed by atoms with E-state index in [0.29, 0.717) is 22.2 Å². The third-order valence-electron chi connectivity index (χ3n) is 3.22. The minimum absolute atomic E-state index is 0.0307. The molecule has 2 aromatic carbocycles. The summed E-state index contributed by atoms with van der Waals surface area (Å²) in [6.45, 7) is 0. The second kappa shape index (κ2) is 6.97. The lowest BCUT2D eigenvalue weighted by atomic mass is 10.2. The van der Waals surface area contributed by atoms with Gasteiger partial charge in [0.25, 0.3) is 5.69 Å². The van der Waals surface area contributed by atoms with E-state index in [4.69, 9.17) is 16.0 Å². The summed E-state index contributed by atoms with van der Waals surface area (Å²) in [4.78, 5) is 10.1. The van der Waals surface area contributed by atoms with E-state index < -0.39 is 4.92 Å². The van der Waals surface area contributed by atoms with Crippen LogP contribution in [0.5, 0.6) is 0 Å². The summed E-state index contributed by atoms with van der Waals surface area (Å²) < 4.78 is 5.68. The second-order valence-electron chi connectivity index (χ2n) is 4.88. The molecule has 0 spiro atoms. The van der Waals surface area contributed by atoms with Crippen LogP contribution in [0.15, 0.2) is 70.2 Å². The number of nitro groups is 1. The van der Waals surface area contributed by atoms with Crippen molar-refractivity contribution in [1.82, 2.24) is 0 Å². The molecule has 1 heterocycles. The first-order chi connectivity index (χ1) is 11.6. The smallest absolute Gasteiger partial charge is 0.269 e. The highest BCUT2D eigenvalue weighted by Gasteiger charge is 2.04. The largest absolute Gasteiger partial charge is 0.455 e. The molecule has 1 N–H and O–H groups in total. The zero-order chi connectivity index (χ0) is 16.9. The lowest BCUT2D eigenvalue weighted by Gasteiger charge is -1.98. The third-order valence-corrected chi connectivity index (χ3v) is 3.47. The number of hydrogen-bond acceptors (Lipinski definition) is 5. The van der Waals surface area contributed by atoms with E-state index >= 15 is 0 Å². The van der Waals surface area contributed by atoms with E-state index in [9.17, 15) is 10.1 Å². The van der Waals surface area contributed by atoms with Crippen molar-refractivity contribution in [2.75, 3.05) is 5.43 Å². The quantitative estimate of drug-likeness (QED) is 0.404. The molecule has 0 unspecified atom stereocenters. The van der Waals surface area contributed by atoms with Crippen LogP contribution in [0.25, 0.3) is 11.3 Å². The maximum absolute atomic E-state index is 10.6. The zero-order valence-corrected chi connectivity index (χ0v) is 13.1. The Morgan fingerprint density at radius 1 is 1.04 bits per heavy atom. The summed E-state index contributed by atoms with van der Waals surface area (Å²) in [5.41, 5.74) is 4.37. The Morgan fingerprint density at radius 2 is 1.75 bits per heavy atom. The molecule has 0 bridgehead atoms. The van der Waals surface area contributed by atoms with Crippen LogP contribution in [0, 0.1) is 10.1 Å². The number of nitrogens with one attached hydrogen (secondary N) is 1. The number of nitro benzene ring substituents is 1. The Bertz CT molecular complexity index is 871. The van der Waals surface area contributed by atoms with Crippen molar-refractivity contribution in [3.8, 4) is 11.3 Å². The van der Waals surface area contributed by atoms with Gasteiger partial charge < -0.3 is 4.42 Å². The average molecular weight is 342 g/mol. The molecule has 0 amide bonds. The number of hydrazone groups is 1. The zero-order valence-electron chi connectivity index (χ0n) is 12.3. The minimum Gasteiger partial charge on any atom is -0.455 e. The summed E-state index contributed by atoms with van der Waals surface area (Å²) in [5, 5.41) is 15.3. The Balaban J connectivity index is 1.65. The lowest BCUT2D eigenvalue weighted by molar-refractivity contribution is -0.384. The molecular weight excluding hydrogens is 330 g/mol.